The molecule has 2 aliphatic rings. The Balaban J connectivity index is 1.35. The quantitative estimate of drug-likeness (QED) is 0.915. The highest BCUT2D eigenvalue weighted by Crippen LogP contribution is 2.41. The summed E-state index contributed by atoms with van der Waals surface area (Å²) in [5.74, 6) is 3.67. The minimum atomic E-state index is 0.251. The first-order valence-electron chi connectivity index (χ1n) is 8.21. The van der Waals surface area contributed by atoms with E-state index in [4.69, 9.17) is 18.9 Å². The van der Waals surface area contributed by atoms with E-state index in [0.717, 1.165) is 48.9 Å². The first-order chi connectivity index (χ1) is 11.8. The summed E-state index contributed by atoms with van der Waals surface area (Å²) >= 11 is 0. The standard InChI is InChI=1S/C19H21NO4/c1-21-17-7-13(8-18-19(17)24-12-23-18)9-20-10-14-6-15-4-2-3-5-16(15)22-11-14/h2-5,7-8,14,20H,6,9-12H2,1H3. The molecular formula is C19H21NO4. The van der Waals surface area contributed by atoms with Crippen molar-refractivity contribution < 1.29 is 18.9 Å². The molecule has 0 aliphatic carbocycles. The van der Waals surface area contributed by atoms with E-state index in [1.165, 1.54) is 5.56 Å². The lowest BCUT2D eigenvalue weighted by Gasteiger charge is -2.25. The highest BCUT2D eigenvalue weighted by Gasteiger charge is 2.21. The van der Waals surface area contributed by atoms with Gasteiger partial charge in [-0.2, -0.15) is 0 Å². The molecule has 126 valence electrons. The molecule has 2 aromatic rings. The number of hydrogen-bond acceptors (Lipinski definition) is 5. The molecule has 0 saturated heterocycles. The highest BCUT2D eigenvalue weighted by atomic mass is 16.7. The minimum absolute atomic E-state index is 0.251. The van der Waals surface area contributed by atoms with Gasteiger partial charge in [0.05, 0.1) is 13.7 Å². The van der Waals surface area contributed by atoms with Gasteiger partial charge in [0, 0.05) is 19.0 Å². The lowest BCUT2D eigenvalue weighted by atomic mass is 9.97. The number of rotatable bonds is 5. The van der Waals surface area contributed by atoms with Gasteiger partial charge >= 0.3 is 0 Å². The van der Waals surface area contributed by atoms with Crippen molar-refractivity contribution in [1.29, 1.82) is 0 Å². The van der Waals surface area contributed by atoms with Crippen molar-refractivity contribution in [3.8, 4) is 23.0 Å². The van der Waals surface area contributed by atoms with Crippen LogP contribution in [0.3, 0.4) is 0 Å². The van der Waals surface area contributed by atoms with E-state index >= 15 is 0 Å². The van der Waals surface area contributed by atoms with Crippen LogP contribution in [0.5, 0.6) is 23.0 Å². The number of ether oxygens (including phenoxy) is 4. The second-order valence-electron chi connectivity index (χ2n) is 6.15. The van der Waals surface area contributed by atoms with Gasteiger partial charge in [0.1, 0.15) is 5.75 Å². The number of benzene rings is 2. The van der Waals surface area contributed by atoms with Crippen molar-refractivity contribution in [2.75, 3.05) is 27.1 Å². The molecule has 5 nitrogen and oxygen atoms in total. The zero-order valence-corrected chi connectivity index (χ0v) is 13.7. The fourth-order valence-electron chi connectivity index (χ4n) is 3.23. The fraction of sp³-hybridized carbons (Fsp3) is 0.368. The number of hydrogen-bond donors (Lipinski definition) is 1. The monoisotopic (exact) mass is 327 g/mol. The first-order valence-corrected chi connectivity index (χ1v) is 8.21. The summed E-state index contributed by atoms with van der Waals surface area (Å²) in [5.41, 5.74) is 2.41. The van der Waals surface area contributed by atoms with E-state index in [0.29, 0.717) is 11.7 Å². The number of methoxy groups -OCH3 is 1. The predicted octanol–water partition coefficient (Wildman–Crippen LogP) is 2.76. The third kappa shape index (κ3) is 2.99. The van der Waals surface area contributed by atoms with Gasteiger partial charge in [0.25, 0.3) is 0 Å². The Morgan fingerprint density at radius 3 is 2.96 bits per heavy atom. The van der Waals surface area contributed by atoms with Crippen LogP contribution in [-0.4, -0.2) is 27.1 Å². The Bertz CT molecular complexity index is 731. The SMILES string of the molecule is COc1cc(CNCC2COc3ccccc3C2)cc2c1OCO2. The van der Waals surface area contributed by atoms with Crippen LogP contribution in [0.2, 0.25) is 0 Å². The molecule has 0 amide bonds. The van der Waals surface area contributed by atoms with E-state index < -0.39 is 0 Å². The molecule has 1 unspecified atom stereocenters. The summed E-state index contributed by atoms with van der Waals surface area (Å²) in [7, 11) is 1.64. The molecule has 0 saturated carbocycles. The van der Waals surface area contributed by atoms with Crippen molar-refractivity contribution >= 4 is 0 Å². The van der Waals surface area contributed by atoms with Gasteiger partial charge in [-0.1, -0.05) is 18.2 Å². The average Bonchev–Trinajstić information content (AvgIpc) is 3.09. The molecule has 0 spiro atoms. The van der Waals surface area contributed by atoms with Crippen LogP contribution >= 0.6 is 0 Å². The van der Waals surface area contributed by atoms with Gasteiger partial charge in [-0.25, -0.2) is 0 Å². The highest BCUT2D eigenvalue weighted by molar-refractivity contribution is 5.55. The molecule has 0 bridgehead atoms. The summed E-state index contributed by atoms with van der Waals surface area (Å²) in [6.45, 7) is 2.67. The summed E-state index contributed by atoms with van der Waals surface area (Å²) in [4.78, 5) is 0. The summed E-state index contributed by atoms with van der Waals surface area (Å²) in [6.07, 6.45) is 1.05. The van der Waals surface area contributed by atoms with Gasteiger partial charge < -0.3 is 24.3 Å². The molecule has 24 heavy (non-hydrogen) atoms. The molecule has 1 N–H and O–H groups in total. The Morgan fingerprint density at radius 1 is 1.12 bits per heavy atom. The van der Waals surface area contributed by atoms with E-state index in [1.807, 2.05) is 24.3 Å². The second-order valence-corrected chi connectivity index (χ2v) is 6.15. The molecule has 2 aliphatic heterocycles. The Labute approximate surface area is 141 Å². The van der Waals surface area contributed by atoms with Crippen molar-refractivity contribution in [2.24, 2.45) is 5.92 Å². The Morgan fingerprint density at radius 2 is 2.04 bits per heavy atom. The van der Waals surface area contributed by atoms with Crippen LogP contribution in [0.1, 0.15) is 11.1 Å². The third-order valence-corrected chi connectivity index (χ3v) is 4.44. The van der Waals surface area contributed by atoms with Crippen LogP contribution < -0.4 is 24.3 Å². The largest absolute Gasteiger partial charge is 0.493 e. The molecule has 2 aromatic carbocycles. The zero-order valence-electron chi connectivity index (χ0n) is 13.7. The van der Waals surface area contributed by atoms with Gasteiger partial charge in [0.2, 0.25) is 12.5 Å². The maximum absolute atomic E-state index is 5.84. The van der Waals surface area contributed by atoms with Gasteiger partial charge in [-0.3, -0.25) is 0 Å². The zero-order chi connectivity index (χ0) is 16.4. The average molecular weight is 327 g/mol. The smallest absolute Gasteiger partial charge is 0.231 e. The maximum atomic E-state index is 5.84. The van der Waals surface area contributed by atoms with Gasteiger partial charge in [0.15, 0.2) is 11.5 Å². The van der Waals surface area contributed by atoms with Crippen LogP contribution in [0, 0.1) is 5.92 Å². The molecule has 4 rings (SSSR count). The van der Waals surface area contributed by atoms with Crippen LogP contribution in [0.4, 0.5) is 0 Å². The minimum Gasteiger partial charge on any atom is -0.493 e. The molecule has 1 atom stereocenters. The maximum Gasteiger partial charge on any atom is 0.231 e. The lowest BCUT2D eigenvalue weighted by Crippen LogP contribution is -2.31. The number of fused-ring (bicyclic) bond motifs is 2. The normalized spacial score (nSPS) is 18.0. The topological polar surface area (TPSA) is 49.0 Å². The van der Waals surface area contributed by atoms with E-state index in [1.54, 1.807) is 7.11 Å². The summed E-state index contributed by atoms with van der Waals surface area (Å²) in [5, 5.41) is 3.51. The number of nitrogens with one attached hydrogen (secondary N) is 1. The molecular weight excluding hydrogens is 306 g/mol. The van der Waals surface area contributed by atoms with E-state index in [-0.39, 0.29) is 6.79 Å². The Hall–Kier alpha value is -2.40. The molecule has 0 fully saturated rings. The Kier molecular flexibility index (Phi) is 4.17. The third-order valence-electron chi connectivity index (χ3n) is 4.44. The summed E-state index contributed by atoms with van der Waals surface area (Å²) in [6, 6.07) is 12.3. The van der Waals surface area contributed by atoms with Gasteiger partial charge in [-0.15, -0.1) is 0 Å². The van der Waals surface area contributed by atoms with Crippen LogP contribution in [0.15, 0.2) is 36.4 Å². The first kappa shape index (κ1) is 15.1. The second kappa shape index (κ2) is 6.61. The van der Waals surface area contributed by atoms with Crippen molar-refractivity contribution in [3.63, 3.8) is 0 Å². The molecule has 2 heterocycles. The van der Waals surface area contributed by atoms with E-state index in [9.17, 15) is 0 Å². The predicted molar refractivity (Wildman–Crippen MR) is 90.0 cm³/mol. The fourth-order valence-corrected chi connectivity index (χ4v) is 3.23. The van der Waals surface area contributed by atoms with Crippen LogP contribution in [0.25, 0.3) is 0 Å². The molecule has 0 aromatic heterocycles. The van der Waals surface area contributed by atoms with Gasteiger partial charge in [-0.05, 0) is 35.7 Å². The van der Waals surface area contributed by atoms with Crippen molar-refractivity contribution in [2.45, 2.75) is 13.0 Å². The van der Waals surface area contributed by atoms with Crippen LogP contribution in [-0.2, 0) is 13.0 Å². The lowest BCUT2D eigenvalue weighted by molar-refractivity contribution is 0.171. The summed E-state index contributed by atoms with van der Waals surface area (Å²) < 4.78 is 22.1. The molecule has 0 radical (unpaired) electrons. The van der Waals surface area contributed by atoms with E-state index in [2.05, 4.69) is 17.4 Å². The van der Waals surface area contributed by atoms with Crippen molar-refractivity contribution in [1.82, 2.24) is 5.32 Å². The number of para-hydroxylation sites is 1. The van der Waals surface area contributed by atoms with Crippen molar-refractivity contribution in [3.05, 3.63) is 47.5 Å². The molecule has 5 heteroatoms.